The van der Waals surface area contributed by atoms with E-state index in [0.717, 1.165) is 0 Å². The standard InChI is InChI=1S/C16H13ClN4O2/c17-15-13(6-3-8-18-15)20-14(22)7-9-21-10-19-12-5-2-1-4-11(12)16(21)23/h1-6,8,10H,7,9H2,(H,20,22). The van der Waals surface area contributed by atoms with E-state index in [4.69, 9.17) is 11.6 Å². The molecule has 0 saturated carbocycles. The number of nitrogens with one attached hydrogen (secondary N) is 1. The van der Waals surface area contributed by atoms with Crippen LogP contribution in [0.5, 0.6) is 0 Å². The minimum Gasteiger partial charge on any atom is -0.323 e. The van der Waals surface area contributed by atoms with Crippen molar-refractivity contribution < 1.29 is 4.79 Å². The van der Waals surface area contributed by atoms with Crippen molar-refractivity contribution in [2.45, 2.75) is 13.0 Å². The summed E-state index contributed by atoms with van der Waals surface area (Å²) < 4.78 is 1.42. The van der Waals surface area contributed by atoms with Crippen molar-refractivity contribution >= 4 is 34.1 Å². The van der Waals surface area contributed by atoms with Crippen LogP contribution in [-0.2, 0) is 11.3 Å². The summed E-state index contributed by atoms with van der Waals surface area (Å²) in [6.45, 7) is 0.236. The number of carbonyl (C=O) groups excluding carboxylic acids is 1. The monoisotopic (exact) mass is 328 g/mol. The average molecular weight is 329 g/mol. The first-order valence-corrected chi connectivity index (χ1v) is 7.37. The maximum absolute atomic E-state index is 12.3. The largest absolute Gasteiger partial charge is 0.323 e. The number of aromatic nitrogens is 3. The van der Waals surface area contributed by atoms with Gasteiger partial charge in [-0.2, -0.15) is 0 Å². The normalized spacial score (nSPS) is 10.7. The van der Waals surface area contributed by atoms with Crippen molar-refractivity contribution in [3.8, 4) is 0 Å². The number of rotatable bonds is 4. The van der Waals surface area contributed by atoms with Crippen molar-refractivity contribution in [3.63, 3.8) is 0 Å². The number of pyridine rings is 1. The molecule has 2 aromatic heterocycles. The number of halogens is 1. The van der Waals surface area contributed by atoms with E-state index >= 15 is 0 Å². The fourth-order valence-electron chi connectivity index (χ4n) is 2.18. The van der Waals surface area contributed by atoms with E-state index in [-0.39, 0.29) is 29.6 Å². The number of nitrogens with zero attached hydrogens (tertiary/aromatic N) is 3. The maximum atomic E-state index is 12.3. The predicted octanol–water partition coefficient (Wildman–Crippen LogP) is 2.47. The topological polar surface area (TPSA) is 76.9 Å². The number of hydrogen-bond acceptors (Lipinski definition) is 4. The first-order valence-electron chi connectivity index (χ1n) is 7.00. The summed E-state index contributed by atoms with van der Waals surface area (Å²) in [4.78, 5) is 32.4. The lowest BCUT2D eigenvalue weighted by atomic mass is 10.2. The molecule has 1 amide bonds. The molecule has 0 fully saturated rings. The third-order valence-corrected chi connectivity index (χ3v) is 3.65. The number of anilines is 1. The van der Waals surface area contributed by atoms with Gasteiger partial charge in [0.2, 0.25) is 5.91 Å². The molecule has 0 atom stereocenters. The van der Waals surface area contributed by atoms with Crippen LogP contribution in [0.2, 0.25) is 5.15 Å². The molecule has 0 aliphatic rings. The zero-order valence-corrected chi connectivity index (χ0v) is 12.8. The summed E-state index contributed by atoms with van der Waals surface area (Å²) in [7, 11) is 0. The van der Waals surface area contributed by atoms with Gasteiger partial charge >= 0.3 is 0 Å². The van der Waals surface area contributed by atoms with Crippen LogP contribution in [-0.4, -0.2) is 20.4 Å². The highest BCUT2D eigenvalue weighted by molar-refractivity contribution is 6.32. The summed E-state index contributed by atoms with van der Waals surface area (Å²) in [5.74, 6) is -0.250. The molecule has 0 aliphatic carbocycles. The van der Waals surface area contributed by atoms with Gasteiger partial charge in [-0.05, 0) is 24.3 Å². The Bertz CT molecular complexity index is 923. The second kappa shape index (κ2) is 6.58. The zero-order chi connectivity index (χ0) is 16.2. The van der Waals surface area contributed by atoms with E-state index in [1.807, 2.05) is 6.07 Å². The molecule has 23 heavy (non-hydrogen) atoms. The number of para-hydroxylation sites is 1. The van der Waals surface area contributed by atoms with Crippen molar-refractivity contribution in [2.24, 2.45) is 0 Å². The summed E-state index contributed by atoms with van der Waals surface area (Å²) in [5.41, 5.74) is 0.923. The molecule has 2 heterocycles. The predicted molar refractivity (Wildman–Crippen MR) is 88.5 cm³/mol. The molecule has 6 nitrogen and oxygen atoms in total. The highest BCUT2D eigenvalue weighted by Crippen LogP contribution is 2.17. The van der Waals surface area contributed by atoms with Crippen molar-refractivity contribution in [1.82, 2.24) is 14.5 Å². The lowest BCUT2D eigenvalue weighted by molar-refractivity contribution is -0.116. The smallest absolute Gasteiger partial charge is 0.261 e. The Morgan fingerprint density at radius 2 is 2.00 bits per heavy atom. The number of benzene rings is 1. The molecular weight excluding hydrogens is 316 g/mol. The molecule has 0 bridgehead atoms. The first kappa shape index (κ1) is 15.2. The van der Waals surface area contributed by atoms with E-state index in [0.29, 0.717) is 16.6 Å². The summed E-state index contributed by atoms with van der Waals surface area (Å²) >= 11 is 5.89. The summed E-state index contributed by atoms with van der Waals surface area (Å²) in [5, 5.41) is 3.43. The van der Waals surface area contributed by atoms with Crippen LogP contribution in [0.4, 0.5) is 5.69 Å². The Kier molecular flexibility index (Phi) is 4.34. The van der Waals surface area contributed by atoms with Crippen molar-refractivity contribution in [1.29, 1.82) is 0 Å². The van der Waals surface area contributed by atoms with Crippen LogP contribution in [0.25, 0.3) is 10.9 Å². The zero-order valence-electron chi connectivity index (χ0n) is 12.1. The van der Waals surface area contributed by atoms with Gasteiger partial charge in [0.1, 0.15) is 0 Å². The number of fused-ring (bicyclic) bond motifs is 1. The van der Waals surface area contributed by atoms with Gasteiger partial charge in [-0.25, -0.2) is 9.97 Å². The Hall–Kier alpha value is -2.73. The van der Waals surface area contributed by atoms with Gasteiger partial charge in [0.05, 0.1) is 22.9 Å². The van der Waals surface area contributed by atoms with Crippen LogP contribution < -0.4 is 10.9 Å². The van der Waals surface area contributed by atoms with E-state index in [2.05, 4.69) is 15.3 Å². The highest BCUT2D eigenvalue weighted by Gasteiger charge is 2.08. The average Bonchev–Trinajstić information content (AvgIpc) is 2.57. The Morgan fingerprint density at radius 1 is 1.17 bits per heavy atom. The first-order chi connectivity index (χ1) is 11.1. The van der Waals surface area contributed by atoms with E-state index in [1.165, 1.54) is 17.1 Å². The second-order valence-corrected chi connectivity index (χ2v) is 5.26. The van der Waals surface area contributed by atoms with E-state index in [9.17, 15) is 9.59 Å². The molecule has 0 radical (unpaired) electrons. The maximum Gasteiger partial charge on any atom is 0.261 e. The molecule has 7 heteroatoms. The third-order valence-electron chi connectivity index (χ3n) is 3.34. The lowest BCUT2D eigenvalue weighted by Crippen LogP contribution is -2.23. The summed E-state index contributed by atoms with van der Waals surface area (Å²) in [6.07, 6.45) is 3.12. The van der Waals surface area contributed by atoms with E-state index < -0.39 is 0 Å². The van der Waals surface area contributed by atoms with Crippen molar-refractivity contribution in [2.75, 3.05) is 5.32 Å². The number of hydrogen-bond donors (Lipinski definition) is 1. The van der Waals surface area contributed by atoms with Gasteiger partial charge in [-0.1, -0.05) is 23.7 Å². The van der Waals surface area contributed by atoms with Crippen LogP contribution in [0.1, 0.15) is 6.42 Å². The number of amides is 1. The van der Waals surface area contributed by atoms with Gasteiger partial charge in [0.25, 0.3) is 5.56 Å². The number of carbonyl (C=O) groups is 1. The lowest BCUT2D eigenvalue weighted by Gasteiger charge is -2.08. The second-order valence-electron chi connectivity index (χ2n) is 4.90. The van der Waals surface area contributed by atoms with Crippen LogP contribution in [0.3, 0.4) is 0 Å². The Labute approximate surface area is 136 Å². The number of aryl methyl sites for hydroxylation is 1. The van der Waals surface area contributed by atoms with Gasteiger partial charge in [0, 0.05) is 19.2 Å². The molecule has 0 spiro atoms. The third kappa shape index (κ3) is 3.37. The molecule has 3 rings (SSSR count). The van der Waals surface area contributed by atoms with E-state index in [1.54, 1.807) is 30.3 Å². The Balaban J connectivity index is 1.71. The van der Waals surface area contributed by atoms with Gasteiger partial charge in [0.15, 0.2) is 5.15 Å². The fraction of sp³-hybridized carbons (Fsp3) is 0.125. The molecule has 0 unspecified atom stereocenters. The Morgan fingerprint density at radius 3 is 2.83 bits per heavy atom. The molecule has 116 valence electrons. The quantitative estimate of drug-likeness (QED) is 0.746. The minimum atomic E-state index is -0.250. The van der Waals surface area contributed by atoms with Gasteiger partial charge < -0.3 is 5.32 Å². The van der Waals surface area contributed by atoms with Crippen LogP contribution in [0, 0.1) is 0 Å². The molecule has 1 N–H and O–H groups in total. The van der Waals surface area contributed by atoms with Crippen LogP contribution >= 0.6 is 11.6 Å². The van der Waals surface area contributed by atoms with Crippen LogP contribution in [0.15, 0.2) is 53.7 Å². The fourth-order valence-corrected chi connectivity index (χ4v) is 2.35. The van der Waals surface area contributed by atoms with Gasteiger partial charge in [-0.3, -0.25) is 14.2 Å². The highest BCUT2D eigenvalue weighted by atomic mass is 35.5. The molecular formula is C16H13ClN4O2. The summed E-state index contributed by atoms with van der Waals surface area (Å²) in [6, 6.07) is 10.4. The molecule has 0 aliphatic heterocycles. The molecule has 1 aromatic carbocycles. The van der Waals surface area contributed by atoms with Crippen molar-refractivity contribution in [3.05, 3.63) is 64.4 Å². The molecule has 0 saturated heterocycles. The minimum absolute atomic E-state index is 0.130. The SMILES string of the molecule is O=C(CCn1cnc2ccccc2c1=O)Nc1cccnc1Cl. The van der Waals surface area contributed by atoms with Gasteiger partial charge in [-0.15, -0.1) is 0 Å². The molecule has 3 aromatic rings.